The van der Waals surface area contributed by atoms with E-state index in [1.54, 1.807) is 0 Å². The van der Waals surface area contributed by atoms with Crippen molar-refractivity contribution in [1.29, 1.82) is 0 Å². The van der Waals surface area contributed by atoms with Crippen LogP contribution in [0.4, 0.5) is 10.1 Å². The van der Waals surface area contributed by atoms with E-state index in [2.05, 4.69) is 15.0 Å². The van der Waals surface area contributed by atoms with E-state index < -0.39 is 27.3 Å². The molecule has 1 unspecified atom stereocenters. The minimum Gasteiger partial charge on any atom is -0.350 e. The lowest BCUT2D eigenvalue weighted by atomic mass is 10.0. The maximum atomic E-state index is 13.1. The number of nitrogens with one attached hydrogen (secondary N) is 3. The summed E-state index contributed by atoms with van der Waals surface area (Å²) in [5, 5.41) is 3.14. The Morgan fingerprint density at radius 2 is 1.76 bits per heavy atom. The largest absolute Gasteiger partial charge is 0.350 e. The van der Waals surface area contributed by atoms with E-state index >= 15 is 0 Å². The van der Waals surface area contributed by atoms with Crippen LogP contribution in [0.15, 0.2) is 58.2 Å². The first-order valence-electron chi connectivity index (χ1n) is 10.4. The highest BCUT2D eigenvalue weighted by Crippen LogP contribution is 2.23. The lowest BCUT2D eigenvalue weighted by Gasteiger charge is -2.28. The van der Waals surface area contributed by atoms with Gasteiger partial charge in [0.1, 0.15) is 5.82 Å². The zero-order valence-corrected chi connectivity index (χ0v) is 19.7. The van der Waals surface area contributed by atoms with Crippen molar-refractivity contribution >= 4 is 32.5 Å². The molecule has 1 heterocycles. The van der Waals surface area contributed by atoms with Crippen LogP contribution < -0.4 is 15.6 Å². The number of carbonyl (C=O) groups excluding carboxylic acids is 1. The predicted octanol–water partition coefficient (Wildman–Crippen LogP) is 2.78. The molecule has 0 aliphatic heterocycles. The number of nitrogens with zero attached hydrogens (tertiary/aromatic N) is 1. The van der Waals surface area contributed by atoms with Gasteiger partial charge in [-0.05, 0) is 62.5 Å². The zero-order chi connectivity index (χ0) is 24.3. The lowest BCUT2D eigenvalue weighted by molar-refractivity contribution is 0.0936. The molecule has 0 radical (unpaired) electrons. The number of fused-ring (bicyclic) bond motifs is 1. The fourth-order valence-electron chi connectivity index (χ4n) is 3.63. The number of carbonyl (C=O) groups is 1. The Morgan fingerprint density at radius 1 is 1.09 bits per heavy atom. The third-order valence-corrected chi connectivity index (χ3v) is 6.75. The summed E-state index contributed by atoms with van der Waals surface area (Å²) in [6, 6.07) is 10.2. The summed E-state index contributed by atoms with van der Waals surface area (Å²) in [6.07, 6.45) is 0. The summed E-state index contributed by atoms with van der Waals surface area (Å²) in [6.45, 7) is 4.46. The van der Waals surface area contributed by atoms with Crippen molar-refractivity contribution in [1.82, 2.24) is 15.2 Å². The van der Waals surface area contributed by atoms with Crippen LogP contribution in [0, 0.1) is 11.7 Å². The molecule has 1 atom stereocenters. The quantitative estimate of drug-likeness (QED) is 0.465. The molecule has 3 rings (SSSR count). The molecule has 1 amide bonds. The maximum Gasteiger partial charge on any atom is 0.261 e. The number of anilines is 1. The highest BCUT2D eigenvalue weighted by atomic mass is 32.2. The number of aromatic amines is 1. The number of sulfonamides is 1. The van der Waals surface area contributed by atoms with Gasteiger partial charge in [-0.15, -0.1) is 0 Å². The number of likely N-dealkylation sites (N-methyl/N-ethyl adjacent to an activating group) is 1. The second kappa shape index (κ2) is 9.72. The Hall–Kier alpha value is -3.24. The molecule has 176 valence electrons. The van der Waals surface area contributed by atoms with Gasteiger partial charge in [-0.1, -0.05) is 13.8 Å². The van der Waals surface area contributed by atoms with Gasteiger partial charge in [-0.3, -0.25) is 14.3 Å². The van der Waals surface area contributed by atoms with Crippen LogP contribution in [0.3, 0.4) is 0 Å². The van der Waals surface area contributed by atoms with Crippen molar-refractivity contribution < 1.29 is 17.6 Å². The molecule has 0 aliphatic carbocycles. The molecular weight excluding hydrogens is 447 g/mol. The second-order valence-electron chi connectivity index (χ2n) is 8.35. The van der Waals surface area contributed by atoms with Gasteiger partial charge in [-0.25, -0.2) is 12.8 Å². The molecular formula is C23H27FN4O4S. The van der Waals surface area contributed by atoms with Crippen LogP contribution in [-0.4, -0.2) is 50.9 Å². The second-order valence-corrected chi connectivity index (χ2v) is 10.0. The van der Waals surface area contributed by atoms with Crippen molar-refractivity contribution in [3.63, 3.8) is 0 Å². The van der Waals surface area contributed by atoms with Crippen LogP contribution in [0.2, 0.25) is 0 Å². The highest BCUT2D eigenvalue weighted by Gasteiger charge is 2.20. The SMILES string of the molecule is CC(C)C(CNC(=O)c1cc(=O)[nH]c2ccc(S(=O)(=O)Nc3ccc(F)cc3)cc12)N(C)C. The molecule has 33 heavy (non-hydrogen) atoms. The van der Waals surface area contributed by atoms with Gasteiger partial charge >= 0.3 is 0 Å². The van der Waals surface area contributed by atoms with Crippen LogP contribution in [-0.2, 0) is 10.0 Å². The third-order valence-electron chi connectivity index (χ3n) is 5.37. The Morgan fingerprint density at radius 3 is 2.36 bits per heavy atom. The monoisotopic (exact) mass is 474 g/mol. The van der Waals surface area contributed by atoms with Crippen molar-refractivity contribution in [3.05, 3.63) is 70.3 Å². The van der Waals surface area contributed by atoms with E-state index in [0.29, 0.717) is 17.4 Å². The molecule has 0 saturated heterocycles. The number of hydrogen-bond acceptors (Lipinski definition) is 5. The van der Waals surface area contributed by atoms with E-state index in [1.807, 2.05) is 32.8 Å². The molecule has 10 heteroatoms. The predicted molar refractivity (Wildman–Crippen MR) is 126 cm³/mol. The molecule has 3 N–H and O–H groups in total. The van der Waals surface area contributed by atoms with Gasteiger partial charge in [0.05, 0.1) is 10.5 Å². The van der Waals surface area contributed by atoms with Crippen molar-refractivity contribution in [2.75, 3.05) is 25.4 Å². The Labute approximate surface area is 191 Å². The number of rotatable bonds is 8. The van der Waals surface area contributed by atoms with Crippen LogP contribution in [0.25, 0.3) is 10.9 Å². The van der Waals surface area contributed by atoms with E-state index in [1.165, 1.54) is 30.3 Å². The van der Waals surface area contributed by atoms with Crippen LogP contribution >= 0.6 is 0 Å². The van der Waals surface area contributed by atoms with E-state index in [0.717, 1.165) is 18.2 Å². The fourth-order valence-corrected chi connectivity index (χ4v) is 4.71. The lowest BCUT2D eigenvalue weighted by Crippen LogP contribution is -2.43. The number of benzene rings is 2. The van der Waals surface area contributed by atoms with Gasteiger partial charge in [0.2, 0.25) is 5.56 Å². The molecule has 0 saturated carbocycles. The smallest absolute Gasteiger partial charge is 0.261 e. The molecule has 0 fully saturated rings. The summed E-state index contributed by atoms with van der Waals surface area (Å²) in [5.74, 6) is -0.678. The number of pyridine rings is 1. The first-order chi connectivity index (χ1) is 15.5. The normalized spacial score (nSPS) is 12.8. The Bertz CT molecular complexity index is 1310. The fraction of sp³-hybridized carbons (Fsp3) is 0.304. The molecule has 0 aliphatic rings. The Balaban J connectivity index is 1.96. The average molecular weight is 475 g/mol. The third kappa shape index (κ3) is 5.77. The van der Waals surface area contributed by atoms with Gasteiger partial charge in [0.15, 0.2) is 0 Å². The molecule has 2 aromatic carbocycles. The first kappa shape index (κ1) is 24.4. The molecule has 0 bridgehead atoms. The summed E-state index contributed by atoms with van der Waals surface area (Å²) in [4.78, 5) is 29.6. The van der Waals surface area contributed by atoms with E-state index in [9.17, 15) is 22.4 Å². The highest BCUT2D eigenvalue weighted by molar-refractivity contribution is 7.92. The number of amides is 1. The van der Waals surface area contributed by atoms with Crippen LogP contribution in [0.5, 0.6) is 0 Å². The van der Waals surface area contributed by atoms with Gasteiger partial charge < -0.3 is 15.2 Å². The minimum atomic E-state index is -4.02. The summed E-state index contributed by atoms with van der Waals surface area (Å²) in [7, 11) is -0.179. The number of aromatic nitrogens is 1. The van der Waals surface area contributed by atoms with Crippen molar-refractivity contribution in [3.8, 4) is 0 Å². The molecule has 3 aromatic rings. The number of hydrogen-bond donors (Lipinski definition) is 3. The van der Waals surface area contributed by atoms with Crippen molar-refractivity contribution in [2.24, 2.45) is 5.92 Å². The molecule has 1 aromatic heterocycles. The first-order valence-corrected chi connectivity index (χ1v) is 11.9. The summed E-state index contributed by atoms with van der Waals surface area (Å²) < 4.78 is 41.2. The van der Waals surface area contributed by atoms with Gasteiger partial charge in [0.25, 0.3) is 15.9 Å². The number of halogens is 1. The van der Waals surface area contributed by atoms with Gasteiger partial charge in [0, 0.05) is 35.2 Å². The topological polar surface area (TPSA) is 111 Å². The minimum absolute atomic E-state index is 0.0776. The summed E-state index contributed by atoms with van der Waals surface area (Å²) in [5.41, 5.74) is 0.135. The molecule has 8 nitrogen and oxygen atoms in total. The van der Waals surface area contributed by atoms with E-state index in [-0.39, 0.29) is 28.1 Å². The Kier molecular flexibility index (Phi) is 7.19. The van der Waals surface area contributed by atoms with Gasteiger partial charge in [-0.2, -0.15) is 0 Å². The van der Waals surface area contributed by atoms with Crippen LogP contribution in [0.1, 0.15) is 24.2 Å². The number of H-pyrrole nitrogens is 1. The van der Waals surface area contributed by atoms with E-state index in [4.69, 9.17) is 0 Å². The average Bonchev–Trinajstić information content (AvgIpc) is 2.73. The molecule has 0 spiro atoms. The van der Waals surface area contributed by atoms with Crippen molar-refractivity contribution in [2.45, 2.75) is 24.8 Å². The standard InChI is InChI=1S/C23H27FN4O4S/c1-14(2)21(28(3)4)13-25-23(30)19-12-22(29)26-20-10-9-17(11-18(19)20)33(31,32)27-16-7-5-15(24)6-8-16/h5-12,14,21,27H,13H2,1-4H3,(H,25,30)(H,26,29). The summed E-state index contributed by atoms with van der Waals surface area (Å²) >= 11 is 0. The maximum absolute atomic E-state index is 13.1. The zero-order valence-electron chi connectivity index (χ0n) is 18.8.